The summed E-state index contributed by atoms with van der Waals surface area (Å²) in [5.74, 6) is 0.281. The van der Waals surface area contributed by atoms with Crippen LogP contribution in [0.15, 0.2) is 48.5 Å². The summed E-state index contributed by atoms with van der Waals surface area (Å²) >= 11 is 0. The topological polar surface area (TPSA) is 63.8 Å². The van der Waals surface area contributed by atoms with E-state index in [4.69, 9.17) is 5.73 Å². The Morgan fingerprint density at radius 3 is 2.53 bits per heavy atom. The molecule has 0 amide bonds. The lowest BCUT2D eigenvalue weighted by atomic mass is 10.2. The van der Waals surface area contributed by atoms with Crippen LogP contribution in [0.25, 0.3) is 10.9 Å². The molecule has 0 aliphatic rings. The zero-order chi connectivity index (χ0) is 13.2. The number of hydrogen-bond donors (Lipinski definition) is 2. The highest BCUT2D eigenvalue weighted by molar-refractivity contribution is 5.89. The Labute approximate surface area is 109 Å². The number of nitrogen functional groups attached to an aromatic ring is 1. The van der Waals surface area contributed by atoms with Crippen molar-refractivity contribution < 1.29 is 4.39 Å². The average molecular weight is 254 g/mol. The fraction of sp³-hybridized carbons (Fsp3) is 0. The van der Waals surface area contributed by atoms with E-state index in [9.17, 15) is 4.39 Å². The van der Waals surface area contributed by atoms with Gasteiger partial charge in [-0.15, -0.1) is 0 Å². The molecule has 19 heavy (non-hydrogen) atoms. The van der Waals surface area contributed by atoms with Gasteiger partial charge in [-0.05, 0) is 24.3 Å². The Morgan fingerprint density at radius 1 is 0.947 bits per heavy atom. The van der Waals surface area contributed by atoms with Gasteiger partial charge in [-0.25, -0.2) is 9.37 Å². The van der Waals surface area contributed by atoms with Crippen molar-refractivity contribution in [3.8, 4) is 0 Å². The molecule has 0 aliphatic carbocycles. The Bertz CT molecular complexity index is 742. The minimum atomic E-state index is -0.363. The zero-order valence-corrected chi connectivity index (χ0v) is 9.97. The molecule has 3 rings (SSSR count). The first-order chi connectivity index (χ1) is 9.24. The third kappa shape index (κ3) is 2.18. The van der Waals surface area contributed by atoms with Crippen LogP contribution in [0.4, 0.5) is 21.8 Å². The molecule has 0 bridgehead atoms. The molecule has 3 aromatic rings. The van der Waals surface area contributed by atoms with E-state index >= 15 is 0 Å². The minimum absolute atomic E-state index is 0.279. The lowest BCUT2D eigenvalue weighted by molar-refractivity contribution is 0.631. The maximum atomic E-state index is 13.5. The number of nitrogens with two attached hydrogens (primary N) is 1. The summed E-state index contributed by atoms with van der Waals surface area (Å²) in [5.41, 5.74) is 6.90. The molecule has 4 nitrogen and oxygen atoms in total. The quantitative estimate of drug-likeness (QED) is 0.737. The Balaban J connectivity index is 2.04. The van der Waals surface area contributed by atoms with E-state index in [0.717, 1.165) is 5.39 Å². The maximum Gasteiger partial charge on any atom is 0.229 e. The average Bonchev–Trinajstić information content (AvgIpc) is 2.42. The van der Waals surface area contributed by atoms with Crippen molar-refractivity contribution >= 4 is 28.4 Å². The van der Waals surface area contributed by atoms with Crippen LogP contribution in [0.1, 0.15) is 0 Å². The van der Waals surface area contributed by atoms with Gasteiger partial charge in [-0.2, -0.15) is 4.98 Å². The van der Waals surface area contributed by atoms with E-state index in [1.807, 2.05) is 24.3 Å². The van der Waals surface area contributed by atoms with Crippen LogP contribution in [-0.2, 0) is 0 Å². The number of nitrogens with one attached hydrogen (secondary N) is 1. The molecule has 0 aliphatic heterocycles. The largest absolute Gasteiger partial charge is 0.383 e. The van der Waals surface area contributed by atoms with Gasteiger partial charge in [0.05, 0.1) is 11.2 Å². The summed E-state index contributed by atoms with van der Waals surface area (Å²) in [6.45, 7) is 0. The van der Waals surface area contributed by atoms with Crippen LogP contribution in [0.5, 0.6) is 0 Å². The Kier molecular flexibility index (Phi) is 2.72. The number of nitrogens with zero attached hydrogens (tertiary/aromatic N) is 2. The first-order valence-corrected chi connectivity index (χ1v) is 5.78. The van der Waals surface area contributed by atoms with Crippen LogP contribution in [-0.4, -0.2) is 9.97 Å². The van der Waals surface area contributed by atoms with Crippen LogP contribution >= 0.6 is 0 Å². The molecule has 0 fully saturated rings. The van der Waals surface area contributed by atoms with Crippen molar-refractivity contribution in [3.05, 3.63) is 54.3 Å². The fourth-order valence-electron chi connectivity index (χ4n) is 1.84. The molecule has 0 radical (unpaired) electrons. The smallest absolute Gasteiger partial charge is 0.229 e. The van der Waals surface area contributed by atoms with Crippen molar-refractivity contribution in [2.75, 3.05) is 11.1 Å². The number of para-hydroxylation sites is 2. The molecule has 5 heteroatoms. The van der Waals surface area contributed by atoms with Crippen molar-refractivity contribution in [2.45, 2.75) is 0 Å². The Hall–Kier alpha value is -2.69. The molecular formula is C14H11FN4. The van der Waals surface area contributed by atoms with Crippen LogP contribution < -0.4 is 11.1 Å². The van der Waals surface area contributed by atoms with E-state index in [1.54, 1.807) is 18.2 Å². The lowest BCUT2D eigenvalue weighted by Gasteiger charge is -2.08. The molecule has 0 spiro atoms. The number of fused-ring (bicyclic) bond motifs is 1. The normalized spacial score (nSPS) is 10.6. The molecule has 0 saturated heterocycles. The predicted molar refractivity (Wildman–Crippen MR) is 73.6 cm³/mol. The second-order valence-corrected chi connectivity index (χ2v) is 4.05. The van der Waals surface area contributed by atoms with Gasteiger partial charge in [0.25, 0.3) is 0 Å². The number of hydrogen-bond acceptors (Lipinski definition) is 4. The second kappa shape index (κ2) is 4.53. The van der Waals surface area contributed by atoms with E-state index in [-0.39, 0.29) is 11.8 Å². The molecule has 0 unspecified atom stereocenters. The summed E-state index contributed by atoms with van der Waals surface area (Å²) < 4.78 is 13.5. The first kappa shape index (κ1) is 11.4. The summed E-state index contributed by atoms with van der Waals surface area (Å²) in [5, 5.41) is 3.61. The Morgan fingerprint density at radius 2 is 1.68 bits per heavy atom. The van der Waals surface area contributed by atoms with Crippen LogP contribution in [0.3, 0.4) is 0 Å². The standard InChI is InChI=1S/C14H11FN4/c15-10-6-2-4-8-12(10)18-14-17-11-7-3-1-5-9(11)13(16)19-14/h1-8H,(H3,16,17,18,19). The van der Waals surface area contributed by atoms with E-state index in [2.05, 4.69) is 15.3 Å². The van der Waals surface area contributed by atoms with Gasteiger partial charge in [0.2, 0.25) is 5.95 Å². The predicted octanol–water partition coefficient (Wildman–Crippen LogP) is 3.09. The van der Waals surface area contributed by atoms with Crippen molar-refractivity contribution in [3.63, 3.8) is 0 Å². The molecule has 2 aromatic carbocycles. The minimum Gasteiger partial charge on any atom is -0.383 e. The van der Waals surface area contributed by atoms with Gasteiger partial charge in [0, 0.05) is 5.39 Å². The van der Waals surface area contributed by atoms with E-state index in [0.29, 0.717) is 17.0 Å². The number of rotatable bonds is 2. The molecular weight excluding hydrogens is 243 g/mol. The van der Waals surface area contributed by atoms with Crippen molar-refractivity contribution in [1.82, 2.24) is 9.97 Å². The maximum absolute atomic E-state index is 13.5. The highest BCUT2D eigenvalue weighted by Gasteiger charge is 2.06. The highest BCUT2D eigenvalue weighted by atomic mass is 19.1. The summed E-state index contributed by atoms with van der Waals surface area (Å²) in [6.07, 6.45) is 0. The summed E-state index contributed by atoms with van der Waals surface area (Å²) in [6, 6.07) is 13.7. The summed E-state index contributed by atoms with van der Waals surface area (Å²) in [7, 11) is 0. The highest BCUT2D eigenvalue weighted by Crippen LogP contribution is 2.22. The second-order valence-electron chi connectivity index (χ2n) is 4.05. The number of anilines is 3. The van der Waals surface area contributed by atoms with Gasteiger partial charge in [-0.1, -0.05) is 24.3 Å². The molecule has 94 valence electrons. The fourth-order valence-corrected chi connectivity index (χ4v) is 1.84. The van der Waals surface area contributed by atoms with E-state index < -0.39 is 0 Å². The van der Waals surface area contributed by atoms with Gasteiger partial charge in [0.1, 0.15) is 11.6 Å². The van der Waals surface area contributed by atoms with Crippen LogP contribution in [0.2, 0.25) is 0 Å². The third-order valence-electron chi connectivity index (χ3n) is 2.75. The molecule has 0 saturated carbocycles. The van der Waals surface area contributed by atoms with Crippen molar-refractivity contribution in [2.24, 2.45) is 0 Å². The van der Waals surface area contributed by atoms with E-state index in [1.165, 1.54) is 6.07 Å². The van der Waals surface area contributed by atoms with Crippen molar-refractivity contribution in [1.29, 1.82) is 0 Å². The monoisotopic (exact) mass is 254 g/mol. The number of aromatic nitrogens is 2. The van der Waals surface area contributed by atoms with Gasteiger partial charge >= 0.3 is 0 Å². The summed E-state index contributed by atoms with van der Waals surface area (Å²) in [4.78, 5) is 8.43. The number of halogens is 1. The van der Waals surface area contributed by atoms with Gasteiger partial charge in [0.15, 0.2) is 0 Å². The molecule has 0 atom stereocenters. The SMILES string of the molecule is Nc1nc(Nc2ccccc2F)nc2ccccc12. The first-order valence-electron chi connectivity index (χ1n) is 5.78. The third-order valence-corrected chi connectivity index (χ3v) is 2.75. The lowest BCUT2D eigenvalue weighted by Crippen LogP contribution is -2.02. The van der Waals surface area contributed by atoms with Crippen LogP contribution in [0, 0.1) is 5.82 Å². The molecule has 3 N–H and O–H groups in total. The molecule has 1 aromatic heterocycles. The number of benzene rings is 2. The van der Waals surface area contributed by atoms with Gasteiger partial charge < -0.3 is 11.1 Å². The van der Waals surface area contributed by atoms with Gasteiger partial charge in [-0.3, -0.25) is 0 Å². The molecule has 1 heterocycles. The zero-order valence-electron chi connectivity index (χ0n) is 9.97.